The molecule has 35 heavy (non-hydrogen) atoms. The summed E-state index contributed by atoms with van der Waals surface area (Å²) in [6.45, 7) is 1.26. The predicted molar refractivity (Wildman–Crippen MR) is 131 cm³/mol. The topological polar surface area (TPSA) is 116 Å². The number of halogens is 1. The Bertz CT molecular complexity index is 1500. The third-order valence-corrected chi connectivity index (χ3v) is 5.24. The molecular weight excluding hydrogens is 451 g/mol. The summed E-state index contributed by atoms with van der Waals surface area (Å²) in [5.74, 6) is 1.04. The number of nitrogen functional groups attached to an aromatic ring is 1. The molecule has 11 heteroatoms. The molecule has 178 valence electrons. The molecule has 0 saturated carbocycles. The number of likely N-dealkylation sites (N-methyl/N-ethyl adjacent to an activating group) is 1. The summed E-state index contributed by atoms with van der Waals surface area (Å²) in [6, 6.07) is 11.5. The van der Waals surface area contributed by atoms with Crippen LogP contribution in [0.1, 0.15) is 0 Å². The van der Waals surface area contributed by atoms with Crippen LogP contribution in [-0.2, 0) is 0 Å². The van der Waals surface area contributed by atoms with Crippen LogP contribution in [0.3, 0.4) is 0 Å². The molecule has 0 aliphatic rings. The van der Waals surface area contributed by atoms with Gasteiger partial charge in [0.2, 0.25) is 0 Å². The van der Waals surface area contributed by atoms with E-state index in [9.17, 15) is 4.39 Å². The second kappa shape index (κ2) is 9.39. The molecule has 3 aromatic heterocycles. The van der Waals surface area contributed by atoms with Crippen LogP contribution in [0.25, 0.3) is 16.6 Å². The van der Waals surface area contributed by atoms with Gasteiger partial charge in [-0.05, 0) is 38.4 Å². The molecule has 3 heterocycles. The zero-order chi connectivity index (χ0) is 24.4. The highest BCUT2D eigenvalue weighted by molar-refractivity contribution is 5.94. The van der Waals surface area contributed by atoms with E-state index in [1.807, 2.05) is 19.0 Å². The first-order valence-corrected chi connectivity index (χ1v) is 10.8. The van der Waals surface area contributed by atoms with Gasteiger partial charge in [0, 0.05) is 42.0 Å². The third kappa shape index (κ3) is 4.89. The number of fused-ring (bicyclic) bond motifs is 2. The van der Waals surface area contributed by atoms with Crippen LogP contribution in [0.15, 0.2) is 61.3 Å². The van der Waals surface area contributed by atoms with Crippen molar-refractivity contribution in [2.75, 3.05) is 38.3 Å². The van der Waals surface area contributed by atoms with Gasteiger partial charge in [-0.15, -0.1) is 0 Å². The molecule has 5 aromatic rings. The van der Waals surface area contributed by atoms with Gasteiger partial charge < -0.3 is 25.4 Å². The molecule has 2 aromatic carbocycles. The SMILES string of the molecule is CN(C)CCOc1cc2ncnc(Nc3ccc(Oc4ccn5ncnc5c4)c(F)c3)c2cc1N. The summed E-state index contributed by atoms with van der Waals surface area (Å²) >= 11 is 0. The first kappa shape index (κ1) is 22.3. The summed E-state index contributed by atoms with van der Waals surface area (Å²) in [4.78, 5) is 14.8. The Balaban J connectivity index is 1.35. The molecule has 5 rings (SSSR count). The summed E-state index contributed by atoms with van der Waals surface area (Å²) in [6.07, 6.45) is 4.55. The van der Waals surface area contributed by atoms with Crippen LogP contribution in [0.5, 0.6) is 17.2 Å². The summed E-state index contributed by atoms with van der Waals surface area (Å²) in [5.41, 5.74) is 8.42. The minimum Gasteiger partial charge on any atom is -0.490 e. The molecule has 0 amide bonds. The smallest absolute Gasteiger partial charge is 0.167 e. The minimum atomic E-state index is -0.536. The van der Waals surface area contributed by atoms with E-state index in [-0.39, 0.29) is 5.75 Å². The maximum Gasteiger partial charge on any atom is 0.167 e. The number of nitrogens with two attached hydrogens (primary N) is 1. The van der Waals surface area contributed by atoms with Gasteiger partial charge in [0.1, 0.15) is 36.6 Å². The predicted octanol–water partition coefficient (Wildman–Crippen LogP) is 3.87. The maximum absolute atomic E-state index is 14.8. The number of ether oxygens (including phenoxy) is 2. The van der Waals surface area contributed by atoms with Gasteiger partial charge in [0.25, 0.3) is 0 Å². The van der Waals surface area contributed by atoms with E-state index in [1.165, 1.54) is 18.7 Å². The molecule has 0 aliphatic heterocycles. The summed E-state index contributed by atoms with van der Waals surface area (Å²) in [5, 5.41) is 7.85. The minimum absolute atomic E-state index is 0.0794. The molecule has 0 atom stereocenters. The number of pyridine rings is 1. The lowest BCUT2D eigenvalue weighted by atomic mass is 10.2. The molecule has 0 radical (unpaired) electrons. The van der Waals surface area contributed by atoms with E-state index in [1.54, 1.807) is 47.1 Å². The lowest BCUT2D eigenvalue weighted by Crippen LogP contribution is -2.19. The molecule has 0 saturated heterocycles. The van der Waals surface area contributed by atoms with Gasteiger partial charge in [-0.25, -0.2) is 23.9 Å². The van der Waals surface area contributed by atoms with Crippen molar-refractivity contribution in [1.29, 1.82) is 0 Å². The van der Waals surface area contributed by atoms with Gasteiger partial charge in [-0.3, -0.25) is 0 Å². The fourth-order valence-electron chi connectivity index (χ4n) is 3.45. The quantitative estimate of drug-likeness (QED) is 0.323. The standard InChI is InChI=1S/C24H23FN8O2/c1-32(2)7-8-34-22-12-20-17(11-19(22)26)24(29-13-27-20)31-15-3-4-21(18(25)9-15)35-16-5-6-33-23(10-16)28-14-30-33/h3-6,9-14H,7-8,26H2,1-2H3,(H,27,29,31). The Morgan fingerprint density at radius 2 is 1.91 bits per heavy atom. The first-order valence-electron chi connectivity index (χ1n) is 10.8. The fourth-order valence-corrected chi connectivity index (χ4v) is 3.45. The van der Waals surface area contributed by atoms with Gasteiger partial charge in [0.05, 0.1) is 11.2 Å². The van der Waals surface area contributed by atoms with Crippen molar-refractivity contribution in [1.82, 2.24) is 29.5 Å². The Morgan fingerprint density at radius 3 is 2.74 bits per heavy atom. The van der Waals surface area contributed by atoms with Crippen molar-refractivity contribution in [2.24, 2.45) is 0 Å². The lowest BCUT2D eigenvalue weighted by molar-refractivity contribution is 0.262. The van der Waals surface area contributed by atoms with Crippen molar-refractivity contribution >= 4 is 33.7 Å². The van der Waals surface area contributed by atoms with Gasteiger partial charge in [0.15, 0.2) is 17.2 Å². The van der Waals surface area contributed by atoms with Crippen molar-refractivity contribution in [3.63, 3.8) is 0 Å². The number of aromatic nitrogens is 5. The van der Waals surface area contributed by atoms with Crippen LogP contribution in [0.4, 0.5) is 21.6 Å². The molecule has 3 N–H and O–H groups in total. The Kier molecular flexibility index (Phi) is 5.98. The van der Waals surface area contributed by atoms with Gasteiger partial charge >= 0.3 is 0 Å². The molecule has 0 unspecified atom stereocenters. The van der Waals surface area contributed by atoms with E-state index in [0.29, 0.717) is 51.8 Å². The average molecular weight is 475 g/mol. The highest BCUT2D eigenvalue weighted by atomic mass is 19.1. The summed E-state index contributed by atoms with van der Waals surface area (Å²) in [7, 11) is 3.94. The highest BCUT2D eigenvalue weighted by Crippen LogP contribution is 2.33. The van der Waals surface area contributed by atoms with Crippen LogP contribution in [0.2, 0.25) is 0 Å². The van der Waals surface area contributed by atoms with Crippen molar-refractivity contribution < 1.29 is 13.9 Å². The number of hydrogen-bond donors (Lipinski definition) is 2. The lowest BCUT2D eigenvalue weighted by Gasteiger charge is -2.14. The molecular formula is C24H23FN8O2. The maximum atomic E-state index is 14.8. The second-order valence-electron chi connectivity index (χ2n) is 8.08. The molecule has 0 fully saturated rings. The van der Waals surface area contributed by atoms with E-state index in [2.05, 4.69) is 25.4 Å². The monoisotopic (exact) mass is 474 g/mol. The van der Waals surface area contributed by atoms with Crippen LogP contribution in [-0.4, -0.2) is 56.7 Å². The van der Waals surface area contributed by atoms with Crippen LogP contribution in [0, 0.1) is 5.82 Å². The molecule has 0 bridgehead atoms. The molecule has 0 aliphatic carbocycles. The fraction of sp³-hybridized carbons (Fsp3) is 0.167. The Hall–Kier alpha value is -4.51. The van der Waals surface area contributed by atoms with E-state index in [0.717, 1.165) is 6.54 Å². The van der Waals surface area contributed by atoms with E-state index < -0.39 is 5.82 Å². The Morgan fingerprint density at radius 1 is 1.03 bits per heavy atom. The molecule has 0 spiro atoms. The number of nitrogens with one attached hydrogen (secondary N) is 1. The number of anilines is 3. The Labute approximate surface area is 200 Å². The highest BCUT2D eigenvalue weighted by Gasteiger charge is 2.12. The van der Waals surface area contributed by atoms with E-state index >= 15 is 0 Å². The number of nitrogens with zero attached hydrogens (tertiary/aromatic N) is 6. The average Bonchev–Trinajstić information content (AvgIpc) is 3.29. The zero-order valence-electron chi connectivity index (χ0n) is 19.1. The molecule has 10 nitrogen and oxygen atoms in total. The van der Waals surface area contributed by atoms with Crippen molar-refractivity contribution in [3.8, 4) is 17.2 Å². The number of benzene rings is 2. The number of rotatable bonds is 8. The van der Waals surface area contributed by atoms with Gasteiger partial charge in [-0.1, -0.05) is 0 Å². The van der Waals surface area contributed by atoms with Gasteiger partial charge in [-0.2, -0.15) is 5.10 Å². The first-order chi connectivity index (χ1) is 17.0. The van der Waals surface area contributed by atoms with Crippen LogP contribution >= 0.6 is 0 Å². The second-order valence-corrected chi connectivity index (χ2v) is 8.08. The van der Waals surface area contributed by atoms with Crippen molar-refractivity contribution in [2.45, 2.75) is 0 Å². The normalized spacial score (nSPS) is 11.3. The van der Waals surface area contributed by atoms with Crippen molar-refractivity contribution in [3.05, 3.63) is 67.1 Å². The largest absolute Gasteiger partial charge is 0.490 e. The van der Waals surface area contributed by atoms with Crippen LogP contribution < -0.4 is 20.5 Å². The number of hydrogen-bond acceptors (Lipinski definition) is 9. The zero-order valence-corrected chi connectivity index (χ0v) is 19.1. The third-order valence-electron chi connectivity index (χ3n) is 5.24. The van der Waals surface area contributed by atoms with E-state index in [4.69, 9.17) is 15.2 Å². The summed E-state index contributed by atoms with van der Waals surface area (Å²) < 4.78 is 27.9.